The fourth-order valence-electron chi connectivity index (χ4n) is 3.45. The van der Waals surface area contributed by atoms with Crippen molar-refractivity contribution in [3.63, 3.8) is 0 Å². The minimum absolute atomic E-state index is 0.403. The van der Waals surface area contributed by atoms with Crippen LogP contribution in [-0.2, 0) is 0 Å². The first kappa shape index (κ1) is 16.8. The van der Waals surface area contributed by atoms with Crippen LogP contribution < -0.4 is 10.2 Å². The molecule has 21 heavy (non-hydrogen) atoms. The third-order valence-corrected chi connectivity index (χ3v) is 5.45. The maximum atomic E-state index is 3.78. The number of hydrogen-bond donors (Lipinski definition) is 1. The van der Waals surface area contributed by atoms with Gasteiger partial charge in [-0.2, -0.15) is 0 Å². The summed E-state index contributed by atoms with van der Waals surface area (Å²) in [5.74, 6) is 0.859. The SMILES string of the molecule is CCNC(C)c1ccc(N(C)C2CCCC(C)C2)c(Br)c1. The fourth-order valence-corrected chi connectivity index (χ4v) is 4.13. The lowest BCUT2D eigenvalue weighted by Gasteiger charge is -2.36. The Morgan fingerprint density at radius 1 is 1.38 bits per heavy atom. The lowest BCUT2D eigenvalue weighted by molar-refractivity contribution is 0.336. The number of hydrogen-bond acceptors (Lipinski definition) is 2. The largest absolute Gasteiger partial charge is 0.371 e. The smallest absolute Gasteiger partial charge is 0.0510 e. The van der Waals surface area contributed by atoms with Crippen LogP contribution in [-0.4, -0.2) is 19.6 Å². The van der Waals surface area contributed by atoms with E-state index < -0.39 is 0 Å². The molecule has 0 aliphatic heterocycles. The van der Waals surface area contributed by atoms with Crippen molar-refractivity contribution < 1.29 is 0 Å². The van der Waals surface area contributed by atoms with Crippen LogP contribution >= 0.6 is 15.9 Å². The quantitative estimate of drug-likeness (QED) is 0.789. The summed E-state index contributed by atoms with van der Waals surface area (Å²) in [5.41, 5.74) is 2.67. The Morgan fingerprint density at radius 2 is 2.14 bits per heavy atom. The van der Waals surface area contributed by atoms with Crippen molar-refractivity contribution in [3.8, 4) is 0 Å². The van der Waals surface area contributed by atoms with Gasteiger partial charge in [-0.3, -0.25) is 0 Å². The Kier molecular flexibility index (Phi) is 6.12. The van der Waals surface area contributed by atoms with Crippen LogP contribution in [0.2, 0.25) is 0 Å². The van der Waals surface area contributed by atoms with Crippen molar-refractivity contribution in [2.75, 3.05) is 18.5 Å². The predicted octanol–water partition coefficient (Wildman–Crippen LogP) is 5.13. The number of halogens is 1. The van der Waals surface area contributed by atoms with Gasteiger partial charge in [-0.15, -0.1) is 0 Å². The van der Waals surface area contributed by atoms with Crippen molar-refractivity contribution in [2.24, 2.45) is 5.92 Å². The molecule has 0 spiro atoms. The molecule has 1 aromatic carbocycles. The van der Waals surface area contributed by atoms with Crippen LogP contribution in [0.1, 0.15) is 58.1 Å². The summed E-state index contributed by atoms with van der Waals surface area (Å²) in [6, 6.07) is 7.89. The summed E-state index contributed by atoms with van der Waals surface area (Å²) in [6.07, 6.45) is 5.40. The number of anilines is 1. The fraction of sp³-hybridized carbons (Fsp3) is 0.667. The second kappa shape index (κ2) is 7.64. The van der Waals surface area contributed by atoms with E-state index in [0.717, 1.165) is 12.5 Å². The van der Waals surface area contributed by atoms with Gasteiger partial charge in [0.25, 0.3) is 0 Å². The second-order valence-corrected chi connectivity index (χ2v) is 7.38. The predicted molar refractivity (Wildman–Crippen MR) is 96.1 cm³/mol. The Balaban J connectivity index is 2.12. The molecule has 1 aromatic rings. The Bertz CT molecular complexity index is 461. The topological polar surface area (TPSA) is 15.3 Å². The molecule has 1 N–H and O–H groups in total. The summed E-state index contributed by atoms with van der Waals surface area (Å²) in [7, 11) is 2.25. The molecule has 1 saturated carbocycles. The molecule has 3 heteroatoms. The lowest BCUT2D eigenvalue weighted by Crippen LogP contribution is -2.35. The van der Waals surface area contributed by atoms with E-state index in [4.69, 9.17) is 0 Å². The maximum absolute atomic E-state index is 3.78. The molecule has 0 aromatic heterocycles. The van der Waals surface area contributed by atoms with Gasteiger partial charge in [0.2, 0.25) is 0 Å². The van der Waals surface area contributed by atoms with E-state index in [-0.39, 0.29) is 0 Å². The molecule has 1 aliphatic carbocycles. The average molecular weight is 353 g/mol. The van der Waals surface area contributed by atoms with Crippen LogP contribution in [0, 0.1) is 5.92 Å². The molecule has 3 atom stereocenters. The molecule has 2 nitrogen and oxygen atoms in total. The zero-order valence-electron chi connectivity index (χ0n) is 13.8. The normalized spacial score (nSPS) is 23.9. The zero-order chi connectivity index (χ0) is 15.4. The molecular formula is C18H29BrN2. The van der Waals surface area contributed by atoms with Crippen molar-refractivity contribution in [1.82, 2.24) is 5.32 Å². The second-order valence-electron chi connectivity index (χ2n) is 6.53. The van der Waals surface area contributed by atoms with Crippen LogP contribution in [0.25, 0.3) is 0 Å². The highest BCUT2D eigenvalue weighted by Gasteiger charge is 2.23. The highest BCUT2D eigenvalue weighted by molar-refractivity contribution is 9.10. The van der Waals surface area contributed by atoms with E-state index in [9.17, 15) is 0 Å². The molecule has 1 fully saturated rings. The molecule has 0 radical (unpaired) electrons. The van der Waals surface area contributed by atoms with Gasteiger partial charge in [-0.1, -0.05) is 32.8 Å². The summed E-state index contributed by atoms with van der Waals surface area (Å²) in [4.78, 5) is 2.47. The van der Waals surface area contributed by atoms with Crippen LogP contribution in [0.15, 0.2) is 22.7 Å². The molecule has 0 heterocycles. The van der Waals surface area contributed by atoms with Crippen molar-refractivity contribution >= 4 is 21.6 Å². The number of nitrogens with zero attached hydrogens (tertiary/aromatic N) is 1. The van der Waals surface area contributed by atoms with Gasteiger partial charge in [-0.05, 0) is 65.9 Å². The van der Waals surface area contributed by atoms with Gasteiger partial charge in [0.15, 0.2) is 0 Å². The van der Waals surface area contributed by atoms with E-state index >= 15 is 0 Å². The molecule has 1 aliphatic rings. The Labute approximate surface area is 138 Å². The highest BCUT2D eigenvalue weighted by Crippen LogP contribution is 2.34. The van der Waals surface area contributed by atoms with Crippen molar-refractivity contribution in [1.29, 1.82) is 0 Å². The summed E-state index contributed by atoms with van der Waals surface area (Å²) in [5, 5.41) is 3.47. The number of rotatable bonds is 5. The van der Waals surface area contributed by atoms with E-state index in [1.54, 1.807) is 0 Å². The van der Waals surface area contributed by atoms with Gasteiger partial charge in [-0.25, -0.2) is 0 Å². The Hall–Kier alpha value is -0.540. The van der Waals surface area contributed by atoms with Crippen LogP contribution in [0.3, 0.4) is 0 Å². The van der Waals surface area contributed by atoms with Gasteiger partial charge < -0.3 is 10.2 Å². The average Bonchev–Trinajstić information content (AvgIpc) is 2.46. The molecule has 2 rings (SSSR count). The summed E-state index contributed by atoms with van der Waals surface area (Å²) in [6.45, 7) is 7.76. The standard InChI is InChI=1S/C18H29BrN2/c1-5-20-14(3)15-9-10-18(17(19)12-15)21(4)16-8-6-7-13(2)11-16/h9-10,12-14,16,20H,5-8,11H2,1-4H3. The molecule has 3 unspecified atom stereocenters. The minimum Gasteiger partial charge on any atom is -0.371 e. The van der Waals surface area contributed by atoms with E-state index in [0.29, 0.717) is 12.1 Å². The van der Waals surface area contributed by atoms with Crippen molar-refractivity contribution in [3.05, 3.63) is 28.2 Å². The monoisotopic (exact) mass is 352 g/mol. The molecule has 0 saturated heterocycles. The molecule has 118 valence electrons. The third-order valence-electron chi connectivity index (χ3n) is 4.82. The maximum Gasteiger partial charge on any atom is 0.0510 e. The zero-order valence-corrected chi connectivity index (χ0v) is 15.4. The minimum atomic E-state index is 0.403. The molecule has 0 bridgehead atoms. The summed E-state index contributed by atoms with van der Waals surface area (Å²) < 4.78 is 1.21. The first-order valence-corrected chi connectivity index (χ1v) is 9.07. The van der Waals surface area contributed by atoms with Gasteiger partial charge >= 0.3 is 0 Å². The molecule has 0 amide bonds. The first-order valence-electron chi connectivity index (χ1n) is 8.28. The summed E-state index contributed by atoms with van der Waals surface area (Å²) >= 11 is 3.78. The van der Waals surface area contributed by atoms with Gasteiger partial charge in [0, 0.05) is 23.6 Å². The van der Waals surface area contributed by atoms with Crippen molar-refractivity contribution in [2.45, 2.75) is 58.5 Å². The first-order chi connectivity index (χ1) is 10.0. The van der Waals surface area contributed by atoms with Gasteiger partial charge in [0.1, 0.15) is 0 Å². The van der Waals surface area contributed by atoms with E-state index in [1.807, 2.05) is 0 Å². The number of nitrogens with one attached hydrogen (secondary N) is 1. The Morgan fingerprint density at radius 3 is 2.76 bits per heavy atom. The number of benzene rings is 1. The molecular weight excluding hydrogens is 324 g/mol. The van der Waals surface area contributed by atoms with Crippen LogP contribution in [0.5, 0.6) is 0 Å². The van der Waals surface area contributed by atoms with Crippen LogP contribution in [0.4, 0.5) is 5.69 Å². The lowest BCUT2D eigenvalue weighted by atomic mass is 9.86. The highest BCUT2D eigenvalue weighted by atomic mass is 79.9. The van der Waals surface area contributed by atoms with E-state index in [1.165, 1.54) is 41.4 Å². The van der Waals surface area contributed by atoms with Gasteiger partial charge in [0.05, 0.1) is 5.69 Å². The third kappa shape index (κ3) is 4.23. The van der Waals surface area contributed by atoms with E-state index in [2.05, 4.69) is 72.2 Å².